The third-order valence-corrected chi connectivity index (χ3v) is 4.97. The number of ether oxygens (including phenoxy) is 1. The van der Waals surface area contributed by atoms with Crippen molar-refractivity contribution in [3.05, 3.63) is 35.4 Å². The summed E-state index contributed by atoms with van der Waals surface area (Å²) in [5.74, 6) is -1.99. The first kappa shape index (κ1) is 18.7. The number of hydrogen-bond donors (Lipinski definition) is 1. The number of amides is 1. The predicted octanol–water partition coefficient (Wildman–Crippen LogP) is 2.05. The molecule has 6 nitrogen and oxygen atoms in total. The molecule has 0 saturated carbocycles. The molecule has 9 heteroatoms. The molecule has 2 heterocycles. The third-order valence-electron chi connectivity index (χ3n) is 4.97. The Hall–Kier alpha value is -2.13. The summed E-state index contributed by atoms with van der Waals surface area (Å²) >= 11 is 0. The summed E-state index contributed by atoms with van der Waals surface area (Å²) in [6, 6.07) is 2.81. The maximum Gasteiger partial charge on any atom is 0.416 e. The Labute approximate surface area is 148 Å². The normalized spacial score (nSPS) is 23.4. The van der Waals surface area contributed by atoms with Crippen LogP contribution in [0.1, 0.15) is 28.8 Å². The molecule has 2 aliphatic heterocycles. The third kappa shape index (κ3) is 3.28. The number of carbonyl (C=O) groups is 2. The number of aliphatic carboxylic acids is 1. The van der Waals surface area contributed by atoms with Gasteiger partial charge in [-0.3, -0.25) is 9.69 Å². The van der Waals surface area contributed by atoms with Gasteiger partial charge in [0.1, 0.15) is 5.72 Å². The lowest BCUT2D eigenvalue weighted by Gasteiger charge is -2.43. The van der Waals surface area contributed by atoms with Gasteiger partial charge in [0.25, 0.3) is 5.91 Å². The molecule has 0 radical (unpaired) electrons. The Morgan fingerprint density at radius 1 is 1.27 bits per heavy atom. The quantitative estimate of drug-likeness (QED) is 0.861. The van der Waals surface area contributed by atoms with Crippen LogP contribution in [0.5, 0.6) is 0 Å². The molecule has 2 saturated heterocycles. The average Bonchev–Trinajstić information content (AvgIpc) is 2.96. The van der Waals surface area contributed by atoms with Crippen molar-refractivity contribution in [1.29, 1.82) is 0 Å². The maximum atomic E-state index is 13.0. The van der Waals surface area contributed by atoms with E-state index in [9.17, 15) is 27.9 Å². The molecular formula is C17H19F3N2O4. The van der Waals surface area contributed by atoms with Gasteiger partial charge in [0.05, 0.1) is 12.2 Å². The van der Waals surface area contributed by atoms with Crippen LogP contribution < -0.4 is 0 Å². The molecule has 3 rings (SSSR count). The van der Waals surface area contributed by atoms with Crippen molar-refractivity contribution in [2.24, 2.45) is 0 Å². The van der Waals surface area contributed by atoms with E-state index in [4.69, 9.17) is 4.74 Å². The van der Waals surface area contributed by atoms with Crippen LogP contribution >= 0.6 is 0 Å². The van der Waals surface area contributed by atoms with E-state index in [0.717, 1.165) is 23.1 Å². The second kappa shape index (κ2) is 6.55. The second-order valence-electron chi connectivity index (χ2n) is 6.67. The first-order chi connectivity index (χ1) is 12.1. The number of carboxylic acid groups (broad SMARTS) is 1. The summed E-state index contributed by atoms with van der Waals surface area (Å²) < 4.78 is 44.6. The number of carboxylic acids is 1. The number of likely N-dealkylation sites (tertiary alicyclic amines) is 1. The van der Waals surface area contributed by atoms with Gasteiger partial charge >= 0.3 is 12.1 Å². The molecule has 2 aliphatic rings. The SMILES string of the molecule is CN1CCC2(CC1)OC[C@@H](C(=O)O)N2C(=O)c1cccc(C(F)(F)F)c1. The van der Waals surface area contributed by atoms with Gasteiger partial charge in [-0.1, -0.05) is 6.07 Å². The highest BCUT2D eigenvalue weighted by molar-refractivity contribution is 5.97. The maximum absolute atomic E-state index is 13.0. The first-order valence-corrected chi connectivity index (χ1v) is 8.20. The molecule has 1 N–H and O–H groups in total. The van der Waals surface area contributed by atoms with Crippen molar-refractivity contribution < 1.29 is 32.6 Å². The average molecular weight is 372 g/mol. The lowest BCUT2D eigenvalue weighted by molar-refractivity contribution is -0.144. The van der Waals surface area contributed by atoms with E-state index >= 15 is 0 Å². The summed E-state index contributed by atoms with van der Waals surface area (Å²) in [5, 5.41) is 9.46. The van der Waals surface area contributed by atoms with Gasteiger partial charge in [-0.2, -0.15) is 13.2 Å². The van der Waals surface area contributed by atoms with Crippen LogP contribution in [0.3, 0.4) is 0 Å². The van der Waals surface area contributed by atoms with E-state index < -0.39 is 35.4 Å². The molecule has 1 amide bonds. The number of nitrogens with zero attached hydrogens (tertiary/aromatic N) is 2. The predicted molar refractivity (Wildman–Crippen MR) is 84.5 cm³/mol. The topological polar surface area (TPSA) is 70.1 Å². The number of hydrogen-bond acceptors (Lipinski definition) is 4. The fourth-order valence-electron chi connectivity index (χ4n) is 3.49. The molecule has 0 bridgehead atoms. The van der Waals surface area contributed by atoms with Crippen molar-refractivity contribution in [3.8, 4) is 0 Å². The van der Waals surface area contributed by atoms with Crippen LogP contribution in [0.4, 0.5) is 13.2 Å². The van der Waals surface area contributed by atoms with Crippen molar-refractivity contribution in [3.63, 3.8) is 0 Å². The summed E-state index contributed by atoms with van der Waals surface area (Å²) in [4.78, 5) is 27.7. The van der Waals surface area contributed by atoms with E-state index in [2.05, 4.69) is 0 Å². The zero-order valence-corrected chi connectivity index (χ0v) is 14.1. The van der Waals surface area contributed by atoms with Gasteiger partial charge in [0.2, 0.25) is 0 Å². The van der Waals surface area contributed by atoms with E-state index in [1.807, 2.05) is 11.9 Å². The van der Waals surface area contributed by atoms with Crippen LogP contribution in [0.25, 0.3) is 0 Å². The highest BCUT2D eigenvalue weighted by atomic mass is 19.4. The van der Waals surface area contributed by atoms with Gasteiger partial charge in [0.15, 0.2) is 6.04 Å². The molecule has 1 aromatic carbocycles. The Balaban J connectivity index is 1.97. The Kier molecular flexibility index (Phi) is 4.70. The molecule has 0 aliphatic carbocycles. The molecule has 1 aromatic rings. The Morgan fingerprint density at radius 3 is 2.50 bits per heavy atom. The summed E-state index contributed by atoms with van der Waals surface area (Å²) in [6.07, 6.45) is -3.79. The highest BCUT2D eigenvalue weighted by Gasteiger charge is 2.53. The van der Waals surface area contributed by atoms with E-state index in [1.54, 1.807) is 0 Å². The number of piperidine rings is 1. The van der Waals surface area contributed by atoms with Gasteiger partial charge in [0, 0.05) is 31.5 Å². The van der Waals surface area contributed by atoms with E-state index in [-0.39, 0.29) is 12.2 Å². The van der Waals surface area contributed by atoms with Gasteiger partial charge in [-0.25, -0.2) is 4.79 Å². The van der Waals surface area contributed by atoms with E-state index in [0.29, 0.717) is 25.9 Å². The largest absolute Gasteiger partial charge is 0.480 e. The number of alkyl halides is 3. The minimum atomic E-state index is -4.59. The van der Waals surface area contributed by atoms with Crippen LogP contribution in [-0.4, -0.2) is 65.3 Å². The van der Waals surface area contributed by atoms with Crippen LogP contribution in [-0.2, 0) is 15.7 Å². The highest BCUT2D eigenvalue weighted by Crippen LogP contribution is 2.38. The minimum Gasteiger partial charge on any atom is -0.480 e. The molecular weight excluding hydrogens is 353 g/mol. The molecule has 0 unspecified atom stereocenters. The molecule has 1 spiro atoms. The summed E-state index contributed by atoms with van der Waals surface area (Å²) in [5.41, 5.74) is -2.25. The smallest absolute Gasteiger partial charge is 0.416 e. The first-order valence-electron chi connectivity index (χ1n) is 8.20. The number of halogens is 3. The standard InChI is InChI=1S/C17H19F3N2O4/c1-21-7-5-16(6-8-21)22(13(10-26-16)15(24)25)14(23)11-3-2-4-12(9-11)17(18,19)20/h2-4,9,13H,5-8,10H2,1H3,(H,24,25)/t13-/m0/s1. The Morgan fingerprint density at radius 2 is 1.92 bits per heavy atom. The van der Waals surface area contributed by atoms with E-state index in [1.165, 1.54) is 6.07 Å². The summed E-state index contributed by atoms with van der Waals surface area (Å²) in [7, 11) is 1.90. The molecule has 2 fully saturated rings. The van der Waals surface area contributed by atoms with Gasteiger partial charge in [-0.05, 0) is 25.2 Å². The lowest BCUT2D eigenvalue weighted by atomic mass is 9.97. The van der Waals surface area contributed by atoms with Crippen LogP contribution in [0, 0.1) is 0 Å². The zero-order chi connectivity index (χ0) is 19.1. The van der Waals surface area contributed by atoms with Crippen molar-refractivity contribution >= 4 is 11.9 Å². The Bertz CT molecular complexity index is 714. The van der Waals surface area contributed by atoms with Crippen molar-refractivity contribution in [1.82, 2.24) is 9.80 Å². The molecule has 1 atom stereocenters. The van der Waals surface area contributed by atoms with Gasteiger partial charge < -0.3 is 14.7 Å². The monoisotopic (exact) mass is 372 g/mol. The fraction of sp³-hybridized carbons (Fsp3) is 0.529. The minimum absolute atomic E-state index is 0.177. The fourth-order valence-corrected chi connectivity index (χ4v) is 3.49. The van der Waals surface area contributed by atoms with Crippen LogP contribution in [0.15, 0.2) is 24.3 Å². The molecule has 26 heavy (non-hydrogen) atoms. The second-order valence-corrected chi connectivity index (χ2v) is 6.67. The van der Waals surface area contributed by atoms with Crippen molar-refractivity contribution in [2.75, 3.05) is 26.7 Å². The van der Waals surface area contributed by atoms with Crippen molar-refractivity contribution in [2.45, 2.75) is 30.8 Å². The van der Waals surface area contributed by atoms with Crippen LogP contribution in [0.2, 0.25) is 0 Å². The number of carbonyl (C=O) groups excluding carboxylic acids is 1. The van der Waals surface area contributed by atoms with Gasteiger partial charge in [-0.15, -0.1) is 0 Å². The number of benzene rings is 1. The molecule has 142 valence electrons. The number of rotatable bonds is 2. The summed E-state index contributed by atoms with van der Waals surface area (Å²) in [6.45, 7) is 1.02. The zero-order valence-electron chi connectivity index (χ0n) is 14.1. The molecule has 0 aromatic heterocycles. The lowest BCUT2D eigenvalue weighted by Crippen LogP contribution is -2.57.